The Balaban J connectivity index is 1.77. The molecule has 39 heavy (non-hydrogen) atoms. The van der Waals surface area contributed by atoms with Crippen LogP contribution in [0.2, 0.25) is 0 Å². The number of nitrogens with zero attached hydrogens (tertiary/aromatic N) is 3. The van der Waals surface area contributed by atoms with Crippen LogP contribution in [-0.4, -0.2) is 25.7 Å². The molecular weight excluding hydrogens is 507 g/mol. The zero-order valence-corrected chi connectivity index (χ0v) is 22.2. The number of ether oxygens (including phenoxy) is 1. The first-order valence-corrected chi connectivity index (χ1v) is 12.7. The zero-order chi connectivity index (χ0) is 28.3. The van der Waals surface area contributed by atoms with Crippen molar-refractivity contribution in [3.63, 3.8) is 0 Å². The van der Waals surface area contributed by atoms with E-state index in [1.54, 1.807) is 44.2 Å². The lowest BCUT2D eigenvalue weighted by atomic mass is 9.99. The third kappa shape index (κ3) is 6.20. The molecule has 1 N–H and O–H groups in total. The van der Waals surface area contributed by atoms with Crippen molar-refractivity contribution in [3.05, 3.63) is 111 Å². The topological polar surface area (TPSA) is 77.2 Å². The van der Waals surface area contributed by atoms with Gasteiger partial charge in [-0.15, -0.1) is 0 Å². The lowest BCUT2D eigenvalue weighted by molar-refractivity contribution is 0.0575. The first-order chi connectivity index (χ1) is 18.6. The van der Waals surface area contributed by atoms with Crippen LogP contribution in [0.3, 0.4) is 0 Å². The highest BCUT2D eigenvalue weighted by Crippen LogP contribution is 2.28. The first kappa shape index (κ1) is 28.0. The average molecular weight is 538 g/mol. The molecule has 4 rings (SSSR count). The molecule has 2 heterocycles. The molecular formula is C30H30F3N3O3. The van der Waals surface area contributed by atoms with Crippen molar-refractivity contribution in [2.45, 2.75) is 59.3 Å². The molecule has 0 saturated carbocycles. The van der Waals surface area contributed by atoms with E-state index in [4.69, 9.17) is 4.74 Å². The molecule has 0 spiro atoms. The average Bonchev–Trinajstić information content (AvgIpc) is 2.88. The number of pyridine rings is 1. The molecule has 0 amide bonds. The molecule has 204 valence electrons. The van der Waals surface area contributed by atoms with E-state index in [-0.39, 0.29) is 36.1 Å². The Morgan fingerprint density at radius 3 is 2.31 bits per heavy atom. The molecule has 0 aliphatic heterocycles. The van der Waals surface area contributed by atoms with Gasteiger partial charge in [0.05, 0.1) is 17.7 Å². The van der Waals surface area contributed by atoms with Gasteiger partial charge in [0.2, 0.25) is 11.8 Å². The van der Waals surface area contributed by atoms with Gasteiger partial charge in [-0.1, -0.05) is 31.2 Å². The fourth-order valence-electron chi connectivity index (χ4n) is 4.59. The second kappa shape index (κ2) is 11.8. The Hall–Kier alpha value is -3.98. The molecule has 0 bridgehead atoms. The Bertz CT molecular complexity index is 1520. The lowest BCUT2D eigenvalue weighted by Crippen LogP contribution is -2.33. The summed E-state index contributed by atoms with van der Waals surface area (Å²) in [6, 6.07) is 11.3. The minimum Gasteiger partial charge on any atom is -0.493 e. The summed E-state index contributed by atoms with van der Waals surface area (Å²) in [6.07, 6.45) is 1.61. The van der Waals surface area contributed by atoms with E-state index in [1.807, 2.05) is 13.8 Å². The quantitative estimate of drug-likeness (QED) is 0.255. The van der Waals surface area contributed by atoms with Crippen molar-refractivity contribution in [1.29, 1.82) is 0 Å². The molecule has 2 aromatic heterocycles. The van der Waals surface area contributed by atoms with Gasteiger partial charge in [-0.2, -0.15) is 9.37 Å². The minimum atomic E-state index is -0.757. The molecule has 1 atom stereocenters. The van der Waals surface area contributed by atoms with Gasteiger partial charge in [-0.25, -0.2) is 13.8 Å². The largest absolute Gasteiger partial charge is 0.493 e. The van der Waals surface area contributed by atoms with Crippen molar-refractivity contribution in [2.24, 2.45) is 0 Å². The van der Waals surface area contributed by atoms with E-state index in [2.05, 4.69) is 9.97 Å². The lowest BCUT2D eigenvalue weighted by Gasteiger charge is -2.24. The van der Waals surface area contributed by atoms with Gasteiger partial charge in [0, 0.05) is 24.2 Å². The smallest absolute Gasteiger partial charge is 0.261 e. The zero-order valence-electron chi connectivity index (χ0n) is 22.2. The van der Waals surface area contributed by atoms with Gasteiger partial charge in [-0.3, -0.25) is 9.36 Å². The number of benzene rings is 2. The fraction of sp³-hybridized carbons (Fsp3) is 0.300. The predicted molar refractivity (Wildman–Crippen MR) is 142 cm³/mol. The van der Waals surface area contributed by atoms with Crippen LogP contribution >= 0.6 is 0 Å². The van der Waals surface area contributed by atoms with Crippen molar-refractivity contribution in [3.8, 4) is 17.0 Å². The van der Waals surface area contributed by atoms with Crippen LogP contribution in [0, 0.1) is 24.5 Å². The van der Waals surface area contributed by atoms with E-state index in [1.165, 1.54) is 22.9 Å². The maximum Gasteiger partial charge on any atom is 0.261 e. The van der Waals surface area contributed by atoms with Crippen LogP contribution in [0.25, 0.3) is 11.1 Å². The monoisotopic (exact) mass is 537 g/mol. The Morgan fingerprint density at radius 2 is 1.69 bits per heavy atom. The first-order valence-electron chi connectivity index (χ1n) is 12.7. The molecule has 0 unspecified atom stereocenters. The third-order valence-electron chi connectivity index (χ3n) is 6.56. The second-order valence-corrected chi connectivity index (χ2v) is 9.64. The molecule has 4 aromatic rings. The third-order valence-corrected chi connectivity index (χ3v) is 6.56. The Labute approximate surface area is 224 Å². The van der Waals surface area contributed by atoms with Crippen LogP contribution < -0.4 is 5.56 Å². The van der Waals surface area contributed by atoms with E-state index >= 15 is 0 Å². The fourth-order valence-corrected chi connectivity index (χ4v) is 4.59. The Kier molecular flexibility index (Phi) is 8.50. The number of halogens is 3. The Morgan fingerprint density at radius 1 is 1.03 bits per heavy atom. The van der Waals surface area contributed by atoms with Crippen molar-refractivity contribution < 1.29 is 23.0 Å². The predicted octanol–water partition coefficient (Wildman–Crippen LogP) is 6.25. The van der Waals surface area contributed by atoms with E-state index in [0.29, 0.717) is 23.1 Å². The molecule has 0 fully saturated rings. The van der Waals surface area contributed by atoms with Gasteiger partial charge in [0.1, 0.15) is 24.1 Å². The number of hydrogen-bond acceptors (Lipinski definition) is 5. The summed E-state index contributed by atoms with van der Waals surface area (Å²) >= 11 is 0. The summed E-state index contributed by atoms with van der Waals surface area (Å²) in [6.45, 7) is 7.01. The summed E-state index contributed by atoms with van der Waals surface area (Å²) in [7, 11) is 0. The number of hydrogen-bond donors (Lipinski definition) is 1. The van der Waals surface area contributed by atoms with Crippen LogP contribution in [0.15, 0.2) is 59.5 Å². The van der Waals surface area contributed by atoms with E-state index in [9.17, 15) is 23.1 Å². The molecule has 0 aliphatic rings. The minimum absolute atomic E-state index is 0.0394. The van der Waals surface area contributed by atoms with Crippen molar-refractivity contribution in [1.82, 2.24) is 14.5 Å². The molecule has 0 radical (unpaired) electrons. The summed E-state index contributed by atoms with van der Waals surface area (Å²) < 4.78 is 49.1. The number of aromatic hydroxyl groups is 1. The highest BCUT2D eigenvalue weighted by Gasteiger charge is 2.24. The van der Waals surface area contributed by atoms with Gasteiger partial charge in [0.25, 0.3) is 5.56 Å². The van der Waals surface area contributed by atoms with Crippen molar-refractivity contribution in [2.75, 3.05) is 0 Å². The maximum atomic E-state index is 14.1. The van der Waals surface area contributed by atoms with Gasteiger partial charge in [-0.05, 0) is 67.6 Å². The van der Waals surface area contributed by atoms with E-state index in [0.717, 1.165) is 11.6 Å². The summed E-state index contributed by atoms with van der Waals surface area (Å²) in [5, 5.41) is 10.8. The maximum absolute atomic E-state index is 14.1. The molecule has 0 saturated heterocycles. The van der Waals surface area contributed by atoms with Crippen LogP contribution in [0.5, 0.6) is 5.88 Å². The van der Waals surface area contributed by atoms with E-state index < -0.39 is 35.1 Å². The highest BCUT2D eigenvalue weighted by atomic mass is 19.1. The summed E-state index contributed by atoms with van der Waals surface area (Å²) in [5.41, 5.74) is 2.39. The van der Waals surface area contributed by atoms with Gasteiger partial charge in [0.15, 0.2) is 0 Å². The van der Waals surface area contributed by atoms with Crippen molar-refractivity contribution >= 4 is 0 Å². The van der Waals surface area contributed by atoms with Crippen LogP contribution in [0.4, 0.5) is 13.2 Å². The highest BCUT2D eigenvalue weighted by molar-refractivity contribution is 5.66. The summed E-state index contributed by atoms with van der Waals surface area (Å²) in [4.78, 5) is 21.8. The second-order valence-electron chi connectivity index (χ2n) is 9.64. The van der Waals surface area contributed by atoms with Gasteiger partial charge < -0.3 is 9.84 Å². The standard InChI is InChI=1S/C30H30F3N3O3/c1-5-26(21-13-22(31)15-23(32)14-21)36-27(16-39-17(2)3)35-29(37)25(30(36)38)12-19-6-8-20(9-7-19)24-10-11-34-28(33)18(24)4/h6-11,13-15,17,26,37H,5,12,16H2,1-4H3/t26-/m0/s1. The normalized spacial score (nSPS) is 12.2. The van der Waals surface area contributed by atoms with Crippen LogP contribution in [0.1, 0.15) is 61.3 Å². The van der Waals surface area contributed by atoms with Crippen LogP contribution in [-0.2, 0) is 17.8 Å². The molecule has 0 aliphatic carbocycles. The van der Waals surface area contributed by atoms with Gasteiger partial charge >= 0.3 is 0 Å². The molecule has 9 heteroatoms. The summed E-state index contributed by atoms with van der Waals surface area (Å²) in [5.74, 6) is -2.34. The molecule has 2 aromatic carbocycles. The number of rotatable bonds is 9. The number of aromatic nitrogens is 3. The molecule has 6 nitrogen and oxygen atoms in total. The SMILES string of the molecule is CC[C@@H](c1cc(F)cc(F)c1)n1c(COC(C)C)nc(O)c(Cc2ccc(-c3ccnc(F)c3C)cc2)c1=O.